The summed E-state index contributed by atoms with van der Waals surface area (Å²) in [5, 5.41) is 14.2. The number of nitrogens with one attached hydrogen (secondary N) is 2. The lowest BCUT2D eigenvalue weighted by Gasteiger charge is -2.21. The first-order chi connectivity index (χ1) is 14.3. The van der Waals surface area contributed by atoms with Gasteiger partial charge in [-0.15, -0.1) is 0 Å². The molecule has 2 N–H and O–H groups in total. The van der Waals surface area contributed by atoms with Crippen molar-refractivity contribution in [2.24, 2.45) is 0 Å². The minimum absolute atomic E-state index is 0.141. The molecule has 0 aliphatic carbocycles. The van der Waals surface area contributed by atoms with Gasteiger partial charge in [0.15, 0.2) is 0 Å². The molecular formula is C20H24N4O5S. The van der Waals surface area contributed by atoms with Crippen LogP contribution in [0, 0.1) is 17.0 Å². The molecule has 160 valence electrons. The average Bonchev–Trinajstić information content (AvgIpc) is 2.97. The molecule has 1 saturated heterocycles. The van der Waals surface area contributed by atoms with Crippen molar-refractivity contribution >= 4 is 33.1 Å². The van der Waals surface area contributed by atoms with Gasteiger partial charge < -0.3 is 10.2 Å². The summed E-state index contributed by atoms with van der Waals surface area (Å²) in [6.07, 6.45) is 3.60. The summed E-state index contributed by atoms with van der Waals surface area (Å²) in [5.74, 6) is 0. The van der Waals surface area contributed by atoms with E-state index in [2.05, 4.69) is 10.0 Å². The monoisotopic (exact) mass is 432 g/mol. The molecule has 2 aromatic rings. The van der Waals surface area contributed by atoms with Gasteiger partial charge in [-0.3, -0.25) is 10.1 Å². The Morgan fingerprint density at radius 3 is 2.40 bits per heavy atom. The number of benzene rings is 2. The van der Waals surface area contributed by atoms with Gasteiger partial charge in [0.1, 0.15) is 4.90 Å². The predicted molar refractivity (Wildman–Crippen MR) is 113 cm³/mol. The number of aryl methyl sites for hydroxylation is 1. The molecule has 3 rings (SSSR count). The van der Waals surface area contributed by atoms with Gasteiger partial charge in [-0.2, -0.15) is 0 Å². The molecule has 30 heavy (non-hydrogen) atoms. The molecule has 9 nitrogen and oxygen atoms in total. The molecule has 1 aliphatic rings. The summed E-state index contributed by atoms with van der Waals surface area (Å²) in [6.45, 7) is 2.84. The lowest BCUT2D eigenvalue weighted by molar-refractivity contribution is -0.385. The number of anilines is 2. The zero-order valence-electron chi connectivity index (χ0n) is 16.6. The molecule has 0 atom stereocenters. The Balaban J connectivity index is 1.93. The quantitative estimate of drug-likeness (QED) is 0.545. The van der Waals surface area contributed by atoms with Crippen LogP contribution in [-0.4, -0.2) is 37.4 Å². The number of carbonyl (C=O) groups is 1. The number of likely N-dealkylation sites (tertiary alicyclic amines) is 1. The normalized spacial score (nSPS) is 14.6. The fourth-order valence-electron chi connectivity index (χ4n) is 3.34. The number of nitro benzene ring substituents is 1. The second kappa shape index (κ2) is 9.12. The van der Waals surface area contributed by atoms with Crippen LogP contribution < -0.4 is 10.0 Å². The molecule has 10 heteroatoms. The van der Waals surface area contributed by atoms with Gasteiger partial charge in [-0.05, 0) is 43.5 Å². The molecule has 0 aromatic heterocycles. The van der Waals surface area contributed by atoms with Crippen LogP contribution in [0.5, 0.6) is 0 Å². The number of carbonyl (C=O) groups excluding carboxylic acids is 1. The second-order valence-corrected chi connectivity index (χ2v) is 8.89. The van der Waals surface area contributed by atoms with Gasteiger partial charge in [0.05, 0.1) is 10.6 Å². The summed E-state index contributed by atoms with van der Waals surface area (Å²) >= 11 is 0. The Labute approximate surface area is 175 Å². The summed E-state index contributed by atoms with van der Waals surface area (Å²) in [6, 6.07) is 10.0. The van der Waals surface area contributed by atoms with E-state index in [4.69, 9.17) is 0 Å². The van der Waals surface area contributed by atoms with Crippen molar-refractivity contribution in [3.05, 3.63) is 58.1 Å². The van der Waals surface area contributed by atoms with Gasteiger partial charge in [-0.1, -0.05) is 25.0 Å². The van der Waals surface area contributed by atoms with Crippen LogP contribution in [0.2, 0.25) is 0 Å². The van der Waals surface area contributed by atoms with Crippen molar-refractivity contribution in [3.8, 4) is 0 Å². The average molecular weight is 433 g/mol. The van der Waals surface area contributed by atoms with Crippen LogP contribution >= 0.6 is 0 Å². The van der Waals surface area contributed by atoms with E-state index in [1.165, 1.54) is 17.0 Å². The molecule has 0 saturated carbocycles. The largest absolute Gasteiger partial charge is 0.354 e. The van der Waals surface area contributed by atoms with E-state index in [-0.39, 0.29) is 16.3 Å². The molecule has 1 heterocycles. The Morgan fingerprint density at radius 2 is 1.77 bits per heavy atom. The highest BCUT2D eigenvalue weighted by molar-refractivity contribution is 7.90. The van der Waals surface area contributed by atoms with E-state index in [9.17, 15) is 23.3 Å². The van der Waals surface area contributed by atoms with Crippen molar-refractivity contribution in [2.45, 2.75) is 37.5 Å². The van der Waals surface area contributed by atoms with Crippen molar-refractivity contribution in [2.75, 3.05) is 18.4 Å². The van der Waals surface area contributed by atoms with Crippen LogP contribution in [0.25, 0.3) is 0 Å². The van der Waals surface area contributed by atoms with Crippen LogP contribution in [0.3, 0.4) is 0 Å². The van der Waals surface area contributed by atoms with E-state index in [0.717, 1.165) is 37.3 Å². The maximum Gasteiger partial charge on any atom is 0.331 e. The number of hydrogen-bond acceptors (Lipinski definition) is 6. The van der Waals surface area contributed by atoms with E-state index in [1.807, 2.05) is 19.1 Å². The number of amides is 2. The molecule has 2 aromatic carbocycles. The first-order valence-corrected chi connectivity index (χ1v) is 11.2. The zero-order valence-corrected chi connectivity index (χ0v) is 17.4. The van der Waals surface area contributed by atoms with E-state index < -0.39 is 21.0 Å². The van der Waals surface area contributed by atoms with Gasteiger partial charge in [0, 0.05) is 30.9 Å². The third-order valence-corrected chi connectivity index (χ3v) is 6.24. The van der Waals surface area contributed by atoms with Gasteiger partial charge in [0.25, 0.3) is 15.7 Å². The highest BCUT2D eigenvalue weighted by atomic mass is 32.2. The van der Waals surface area contributed by atoms with Crippen molar-refractivity contribution in [3.63, 3.8) is 0 Å². The molecular weight excluding hydrogens is 408 g/mol. The maximum atomic E-state index is 13.0. The topological polar surface area (TPSA) is 122 Å². The summed E-state index contributed by atoms with van der Waals surface area (Å²) in [4.78, 5) is 24.2. The van der Waals surface area contributed by atoms with Crippen molar-refractivity contribution in [1.29, 1.82) is 0 Å². The summed E-state index contributed by atoms with van der Waals surface area (Å²) in [7, 11) is -4.35. The molecule has 0 bridgehead atoms. The number of nitro groups is 1. The maximum absolute atomic E-state index is 13.0. The number of sulfonamides is 1. The van der Waals surface area contributed by atoms with Crippen LogP contribution in [-0.2, 0) is 10.0 Å². The molecule has 0 spiro atoms. The van der Waals surface area contributed by atoms with E-state index in [0.29, 0.717) is 18.8 Å². The van der Waals surface area contributed by atoms with Gasteiger partial charge in [0.2, 0.25) is 0 Å². The smallest absolute Gasteiger partial charge is 0.331 e. The SMILES string of the molecule is Cc1cccc(Nc2ccc([N+](=O)[O-])cc2S(=O)(=O)NC(=O)N2CCCCCC2)c1. The van der Waals surface area contributed by atoms with Crippen LogP contribution in [0.15, 0.2) is 47.4 Å². The van der Waals surface area contributed by atoms with E-state index in [1.54, 1.807) is 12.1 Å². The fraction of sp³-hybridized carbons (Fsp3) is 0.350. The molecule has 1 fully saturated rings. The molecule has 2 amide bonds. The van der Waals surface area contributed by atoms with Crippen molar-refractivity contribution in [1.82, 2.24) is 9.62 Å². The third-order valence-electron chi connectivity index (χ3n) is 4.88. The Kier molecular flexibility index (Phi) is 6.56. The van der Waals surface area contributed by atoms with Crippen LogP contribution in [0.4, 0.5) is 21.9 Å². The number of nitrogens with zero attached hydrogens (tertiary/aromatic N) is 2. The molecule has 0 radical (unpaired) electrons. The summed E-state index contributed by atoms with van der Waals surface area (Å²) in [5.41, 5.74) is 1.34. The highest BCUT2D eigenvalue weighted by Crippen LogP contribution is 2.29. The molecule has 0 unspecified atom stereocenters. The number of hydrogen-bond donors (Lipinski definition) is 2. The van der Waals surface area contributed by atoms with Crippen molar-refractivity contribution < 1.29 is 18.1 Å². The standard InChI is InChI=1S/C20H24N4O5S/c1-15-7-6-8-16(13-15)21-18-10-9-17(24(26)27)14-19(18)30(28,29)22-20(25)23-11-4-2-3-5-12-23/h6-10,13-14,21H,2-5,11-12H2,1H3,(H,22,25). The summed E-state index contributed by atoms with van der Waals surface area (Å²) < 4.78 is 28.1. The lowest BCUT2D eigenvalue weighted by atomic mass is 10.2. The highest BCUT2D eigenvalue weighted by Gasteiger charge is 2.27. The minimum Gasteiger partial charge on any atom is -0.354 e. The Morgan fingerprint density at radius 1 is 1.07 bits per heavy atom. The minimum atomic E-state index is -4.35. The number of urea groups is 1. The predicted octanol–water partition coefficient (Wildman–Crippen LogP) is 3.92. The third kappa shape index (κ3) is 5.26. The van der Waals surface area contributed by atoms with Crippen LogP contribution in [0.1, 0.15) is 31.2 Å². The lowest BCUT2D eigenvalue weighted by Crippen LogP contribution is -2.43. The zero-order chi connectivity index (χ0) is 21.7. The first-order valence-electron chi connectivity index (χ1n) is 9.70. The van der Waals surface area contributed by atoms with Gasteiger partial charge in [-0.25, -0.2) is 17.9 Å². The fourth-order valence-corrected chi connectivity index (χ4v) is 4.49. The Hall–Kier alpha value is -3.14. The number of non-ortho nitro benzene ring substituents is 1. The van der Waals surface area contributed by atoms with Gasteiger partial charge >= 0.3 is 6.03 Å². The number of rotatable bonds is 5. The van der Waals surface area contributed by atoms with E-state index >= 15 is 0 Å². The molecule has 1 aliphatic heterocycles. The Bertz CT molecular complexity index is 1050. The first kappa shape index (κ1) is 21.6. The second-order valence-electron chi connectivity index (χ2n) is 7.24.